The maximum Gasteiger partial charge on any atom is 0.416 e. The van der Waals surface area contributed by atoms with Gasteiger partial charge in [0.25, 0.3) is 0 Å². The highest BCUT2D eigenvalue weighted by atomic mass is 127. The van der Waals surface area contributed by atoms with Gasteiger partial charge >= 0.3 is 36.4 Å². The predicted molar refractivity (Wildman–Crippen MR) is 286 cm³/mol. The molecule has 0 saturated carbocycles. The summed E-state index contributed by atoms with van der Waals surface area (Å²) in [6.07, 6.45) is -10.9. The van der Waals surface area contributed by atoms with Crippen molar-refractivity contribution >= 4 is 73.9 Å². The van der Waals surface area contributed by atoms with Gasteiger partial charge in [0.1, 0.15) is 42.4 Å². The molecule has 9 rings (SSSR count). The van der Waals surface area contributed by atoms with Crippen LogP contribution >= 0.6 is 38.5 Å². The van der Waals surface area contributed by atoms with Crippen LogP contribution in [0.3, 0.4) is 0 Å². The molecule has 0 radical (unpaired) electrons. The lowest BCUT2D eigenvalue weighted by Crippen LogP contribution is -2.24. The molecular formula is C53H56BrF9IN9O6. The summed E-state index contributed by atoms with van der Waals surface area (Å²) in [6, 6.07) is 15.7. The number of fused-ring (bicyclic) bond motifs is 3. The molecule has 6 heterocycles. The van der Waals surface area contributed by atoms with E-state index in [1.165, 1.54) is 18.2 Å². The summed E-state index contributed by atoms with van der Waals surface area (Å²) in [6.45, 7) is 14.0. The fraction of sp³-hybridized carbons (Fsp3) is 0.434. The van der Waals surface area contributed by atoms with Crippen LogP contribution in [-0.2, 0) is 47.6 Å². The lowest BCUT2D eigenvalue weighted by molar-refractivity contribution is -0.138. The number of nitrogens with zero attached hydrogens (tertiary/aromatic N) is 9. The van der Waals surface area contributed by atoms with Crippen LogP contribution in [0.4, 0.5) is 57.0 Å². The number of halogens is 11. The molecule has 3 aliphatic heterocycles. The SMILES string of the molecule is CCOC(=O)c1c(Br)nn2c1N(Cc1cccc(C(F)(F)F)c1)C[C@H]2CC.CCOC(=O)c1c(C)nn2c1N(Cc1cccc(C(F)(F)F)c1)C[C@H]2CC.CC[C@@H]1CN(Cc2cccc(C(F)(F)F)c2)c2c(C(=O)O)c(I)nn21. The molecule has 3 aromatic carbocycles. The average Bonchev–Trinajstić information content (AvgIpc) is 4.41. The van der Waals surface area contributed by atoms with Gasteiger partial charge in [-0.1, -0.05) is 57.2 Å². The Labute approximate surface area is 470 Å². The predicted octanol–water partition coefficient (Wildman–Crippen LogP) is 13.3. The second-order valence-corrected chi connectivity index (χ2v) is 20.5. The molecule has 26 heteroatoms. The van der Waals surface area contributed by atoms with Crippen molar-refractivity contribution in [3.05, 3.63) is 137 Å². The molecule has 0 bridgehead atoms. The van der Waals surface area contributed by atoms with Crippen LogP contribution in [0.2, 0.25) is 0 Å². The lowest BCUT2D eigenvalue weighted by Gasteiger charge is -2.20. The van der Waals surface area contributed by atoms with E-state index in [4.69, 9.17) is 9.47 Å². The number of esters is 2. The summed E-state index contributed by atoms with van der Waals surface area (Å²) < 4.78 is 133. The van der Waals surface area contributed by atoms with Gasteiger partial charge in [0, 0.05) is 39.3 Å². The van der Waals surface area contributed by atoms with Gasteiger partial charge in [-0.15, -0.1) is 0 Å². The normalized spacial score (nSPS) is 16.7. The molecule has 426 valence electrons. The Morgan fingerprint density at radius 1 is 0.570 bits per heavy atom. The summed E-state index contributed by atoms with van der Waals surface area (Å²) in [5.74, 6) is -0.393. The topological polar surface area (TPSA) is 153 Å². The molecule has 1 N–H and O–H groups in total. The minimum absolute atomic E-state index is 0.00224. The molecule has 3 atom stereocenters. The lowest BCUT2D eigenvalue weighted by atomic mass is 10.1. The molecule has 3 aliphatic rings. The third-order valence-corrected chi connectivity index (χ3v) is 14.8. The molecule has 6 aromatic rings. The third kappa shape index (κ3) is 13.3. The number of benzene rings is 3. The van der Waals surface area contributed by atoms with E-state index in [-0.39, 0.29) is 56.5 Å². The van der Waals surface area contributed by atoms with Gasteiger partial charge in [-0.3, -0.25) is 0 Å². The summed E-state index contributed by atoms with van der Waals surface area (Å²) >= 11 is 5.19. The number of rotatable bonds is 14. The van der Waals surface area contributed by atoms with Crippen molar-refractivity contribution in [2.45, 2.75) is 117 Å². The van der Waals surface area contributed by atoms with Crippen molar-refractivity contribution in [1.29, 1.82) is 0 Å². The number of carbonyl (C=O) groups excluding carboxylic acids is 2. The number of aromatic nitrogens is 6. The van der Waals surface area contributed by atoms with Crippen molar-refractivity contribution in [1.82, 2.24) is 29.3 Å². The number of carboxylic acids is 1. The van der Waals surface area contributed by atoms with Crippen LogP contribution in [0.15, 0.2) is 77.4 Å². The van der Waals surface area contributed by atoms with Crippen molar-refractivity contribution in [3.63, 3.8) is 0 Å². The first-order valence-electron chi connectivity index (χ1n) is 25.2. The van der Waals surface area contributed by atoms with E-state index in [1.807, 2.05) is 53.2 Å². The fourth-order valence-corrected chi connectivity index (χ4v) is 11.0. The van der Waals surface area contributed by atoms with Crippen molar-refractivity contribution in [2.75, 3.05) is 47.5 Å². The van der Waals surface area contributed by atoms with Gasteiger partial charge in [-0.2, -0.15) is 54.8 Å². The van der Waals surface area contributed by atoms with Crippen LogP contribution in [0.5, 0.6) is 0 Å². The van der Waals surface area contributed by atoms with Gasteiger partial charge in [-0.05, 0) is 132 Å². The van der Waals surface area contributed by atoms with Crippen LogP contribution in [0.1, 0.15) is 142 Å². The molecule has 79 heavy (non-hydrogen) atoms. The molecular weight excluding hydrogens is 1240 g/mol. The summed E-state index contributed by atoms with van der Waals surface area (Å²) in [7, 11) is 0. The highest BCUT2D eigenvalue weighted by Crippen LogP contribution is 2.42. The van der Waals surface area contributed by atoms with E-state index in [2.05, 4.69) is 31.2 Å². The minimum Gasteiger partial charge on any atom is -0.477 e. The number of aryl methyl sites for hydroxylation is 1. The number of hydrogen-bond donors (Lipinski definition) is 1. The van der Waals surface area contributed by atoms with E-state index in [0.29, 0.717) is 78.9 Å². The quantitative estimate of drug-likeness (QED) is 0.0627. The Bertz CT molecular complexity index is 3040. The van der Waals surface area contributed by atoms with Gasteiger partial charge in [0.2, 0.25) is 0 Å². The van der Waals surface area contributed by atoms with E-state index in [0.717, 1.165) is 55.7 Å². The summed E-state index contributed by atoms with van der Waals surface area (Å²) in [4.78, 5) is 42.0. The maximum atomic E-state index is 13.0. The Morgan fingerprint density at radius 3 is 1.27 bits per heavy atom. The molecule has 0 aliphatic carbocycles. The molecule has 0 saturated heterocycles. The monoisotopic (exact) mass is 1290 g/mol. The van der Waals surface area contributed by atoms with Crippen LogP contribution < -0.4 is 14.7 Å². The minimum atomic E-state index is -4.41. The Hall–Kier alpha value is -6.32. The smallest absolute Gasteiger partial charge is 0.416 e. The highest BCUT2D eigenvalue weighted by molar-refractivity contribution is 14.1. The van der Waals surface area contributed by atoms with Gasteiger partial charge in [0.05, 0.1) is 53.7 Å². The first-order valence-corrected chi connectivity index (χ1v) is 27.1. The third-order valence-electron chi connectivity index (χ3n) is 13.4. The first-order chi connectivity index (χ1) is 37.2. The fourth-order valence-electron chi connectivity index (χ4n) is 9.79. The number of carbonyl (C=O) groups is 3. The Morgan fingerprint density at radius 2 is 0.911 bits per heavy atom. The maximum absolute atomic E-state index is 13.0. The molecule has 3 aromatic heterocycles. The van der Waals surface area contributed by atoms with Crippen molar-refractivity contribution < 1.29 is 68.5 Å². The number of aromatic carboxylic acids is 1. The zero-order valence-corrected chi connectivity index (χ0v) is 47.4. The van der Waals surface area contributed by atoms with Crippen LogP contribution in [0, 0.1) is 10.6 Å². The average molecular weight is 1290 g/mol. The summed E-state index contributed by atoms with van der Waals surface area (Å²) in [5, 5.41) is 22.7. The van der Waals surface area contributed by atoms with Gasteiger partial charge in [-0.25, -0.2) is 28.4 Å². The number of carboxylic acid groups (broad SMARTS) is 1. The number of ether oxygens (including phenoxy) is 2. The zero-order chi connectivity index (χ0) is 57.9. The second-order valence-electron chi connectivity index (χ2n) is 18.8. The van der Waals surface area contributed by atoms with Crippen LogP contribution in [0.25, 0.3) is 0 Å². The molecule has 0 unspecified atom stereocenters. The first kappa shape index (κ1) is 60.3. The van der Waals surface area contributed by atoms with E-state index in [1.54, 1.807) is 57.9 Å². The number of hydrogen-bond acceptors (Lipinski definition) is 11. The van der Waals surface area contributed by atoms with Gasteiger partial charge < -0.3 is 29.3 Å². The second kappa shape index (κ2) is 24.6. The number of alkyl halides is 9. The molecule has 15 nitrogen and oxygen atoms in total. The Kier molecular flexibility index (Phi) is 18.8. The van der Waals surface area contributed by atoms with Crippen molar-refractivity contribution in [2.24, 2.45) is 0 Å². The zero-order valence-electron chi connectivity index (χ0n) is 43.6. The standard InChI is InChI=1S/C19H22F3N3O2.C18H19BrF3N3O2.C16H15F3IN3O2/c1-4-15-11-24(10-13-7-6-8-14(9-13)19(20,21)22)17-16(18(26)27-5-2)12(3)23-25(15)17;1-3-13-10-24(9-11-6-5-7-12(8-11)18(20,21)22)16-14(17(26)27-4-2)15(19)23-25(13)16;1-2-11-8-22(14-12(15(24)25)13(20)21-23(11)14)7-9-4-3-5-10(6-9)16(17,18)19/h6-9,15H,4-5,10-11H2,1-3H3;5-8,13H,3-4,9-10H2,1-2H3;3-6,11H,2,7-8H2,1H3,(H,24,25)/t15-;13-;11-/m111/s1. The van der Waals surface area contributed by atoms with Crippen LogP contribution in [-0.4, -0.2) is 85.2 Å². The van der Waals surface area contributed by atoms with E-state index in [9.17, 15) is 59.0 Å². The van der Waals surface area contributed by atoms with E-state index < -0.39 is 53.1 Å². The molecule has 0 amide bonds. The molecule has 0 fully saturated rings. The molecule has 0 spiro atoms. The van der Waals surface area contributed by atoms with Gasteiger partial charge in [0.15, 0.2) is 0 Å². The largest absolute Gasteiger partial charge is 0.477 e. The summed E-state index contributed by atoms with van der Waals surface area (Å²) in [5.41, 5.74) is 0.803. The Balaban J connectivity index is 0.000000172. The number of anilines is 3. The highest BCUT2D eigenvalue weighted by Gasteiger charge is 2.40. The van der Waals surface area contributed by atoms with Crippen molar-refractivity contribution in [3.8, 4) is 0 Å². The van der Waals surface area contributed by atoms with E-state index >= 15 is 0 Å².